The summed E-state index contributed by atoms with van der Waals surface area (Å²) in [5.74, 6) is 2.27. The number of nitrogens with zero attached hydrogens (tertiary/aromatic N) is 5. The minimum atomic E-state index is -0.968. The summed E-state index contributed by atoms with van der Waals surface area (Å²) in [5, 5.41) is 5.38. The van der Waals surface area contributed by atoms with Gasteiger partial charge in [-0.1, -0.05) is 19.9 Å². The zero-order valence-electron chi connectivity index (χ0n) is 34.3. The number of hydrogen-bond donors (Lipinski definition) is 4. The molecule has 61 heavy (non-hydrogen) atoms. The highest BCUT2D eigenvalue weighted by Crippen LogP contribution is 2.51. The Morgan fingerprint density at radius 1 is 0.754 bits per heavy atom. The van der Waals surface area contributed by atoms with Crippen LogP contribution in [0.3, 0.4) is 0 Å². The van der Waals surface area contributed by atoms with Crippen molar-refractivity contribution < 1.29 is 38.1 Å². The number of nitrogens with one attached hydrogen (secondary N) is 4. The predicted molar refractivity (Wildman–Crippen MR) is 220 cm³/mol. The molecule has 17 nitrogen and oxygen atoms in total. The number of carbonyl (C=O) groups excluding carboxylic acids is 4. The van der Waals surface area contributed by atoms with Crippen molar-refractivity contribution in [3.8, 4) is 45.1 Å². The number of likely N-dealkylation sites (tertiary alicyclic amines) is 2. The normalized spacial score (nSPS) is 18.4. The van der Waals surface area contributed by atoms with Crippen molar-refractivity contribution in [3.05, 3.63) is 89.5 Å². The molecular formula is C44H47N9O8. The van der Waals surface area contributed by atoms with Crippen molar-refractivity contribution in [1.82, 2.24) is 45.4 Å². The number of ether oxygens (including phenoxy) is 4. The molecule has 0 spiro atoms. The first-order chi connectivity index (χ1) is 29.6. The lowest BCUT2D eigenvalue weighted by Crippen LogP contribution is -2.51. The molecule has 17 heteroatoms. The Hall–Kier alpha value is -6.91. The minimum absolute atomic E-state index is 0.130. The molecule has 0 radical (unpaired) electrons. The molecule has 1 unspecified atom stereocenters. The van der Waals surface area contributed by atoms with Gasteiger partial charge in [0.05, 0.1) is 50.1 Å². The molecular weight excluding hydrogens is 783 g/mol. The molecule has 316 valence electrons. The van der Waals surface area contributed by atoms with E-state index in [1.165, 1.54) is 14.2 Å². The van der Waals surface area contributed by atoms with E-state index in [9.17, 15) is 19.2 Å². The first-order valence-corrected chi connectivity index (χ1v) is 20.5. The number of methoxy groups -OCH3 is 2. The van der Waals surface area contributed by atoms with Gasteiger partial charge in [0.25, 0.3) is 5.91 Å². The molecule has 4 aliphatic rings. The molecule has 4 N–H and O–H groups in total. The van der Waals surface area contributed by atoms with Gasteiger partial charge in [0.15, 0.2) is 0 Å². The van der Waals surface area contributed by atoms with Gasteiger partial charge in [-0.3, -0.25) is 14.6 Å². The molecule has 2 fully saturated rings. The molecule has 0 bridgehead atoms. The van der Waals surface area contributed by atoms with E-state index in [2.05, 4.69) is 37.7 Å². The third kappa shape index (κ3) is 7.37. The van der Waals surface area contributed by atoms with Crippen molar-refractivity contribution in [3.63, 3.8) is 0 Å². The van der Waals surface area contributed by atoms with E-state index in [4.69, 9.17) is 28.9 Å². The van der Waals surface area contributed by atoms with Gasteiger partial charge in [0.1, 0.15) is 48.4 Å². The first kappa shape index (κ1) is 39.5. The summed E-state index contributed by atoms with van der Waals surface area (Å²) in [4.78, 5) is 76.1. The third-order valence-electron chi connectivity index (χ3n) is 12.0. The summed E-state index contributed by atoms with van der Waals surface area (Å²) < 4.78 is 22.5. The molecule has 3 aromatic heterocycles. The van der Waals surface area contributed by atoms with Crippen molar-refractivity contribution >= 4 is 24.0 Å². The van der Waals surface area contributed by atoms with E-state index in [-0.39, 0.29) is 29.8 Å². The number of aromatic amines is 2. The van der Waals surface area contributed by atoms with Crippen LogP contribution in [0.4, 0.5) is 9.59 Å². The number of hydrogen-bond acceptors (Lipinski definition) is 11. The lowest BCUT2D eigenvalue weighted by Gasteiger charge is -2.30. The fourth-order valence-electron chi connectivity index (χ4n) is 8.98. The van der Waals surface area contributed by atoms with Crippen LogP contribution in [-0.2, 0) is 32.3 Å². The average Bonchev–Trinajstić information content (AvgIpc) is 4.13. The molecule has 4 aliphatic heterocycles. The molecule has 5 aromatic rings. The number of alkyl carbamates (subject to hydrolysis) is 2. The van der Waals surface area contributed by atoms with Crippen LogP contribution in [0.25, 0.3) is 33.6 Å². The topological polar surface area (TPSA) is 206 Å². The largest absolute Gasteiger partial charge is 0.488 e. The Bertz CT molecular complexity index is 2450. The molecule has 4 amide bonds. The van der Waals surface area contributed by atoms with Gasteiger partial charge in [-0.05, 0) is 61.9 Å². The highest BCUT2D eigenvalue weighted by molar-refractivity contribution is 5.90. The monoisotopic (exact) mass is 829 g/mol. The highest BCUT2D eigenvalue weighted by atomic mass is 16.5. The second-order valence-corrected chi connectivity index (χ2v) is 16.1. The summed E-state index contributed by atoms with van der Waals surface area (Å²) in [6.45, 7) is 5.52. The van der Waals surface area contributed by atoms with Crippen molar-refractivity contribution in [2.75, 3.05) is 27.3 Å². The van der Waals surface area contributed by atoms with E-state index >= 15 is 0 Å². The molecule has 2 aromatic carbocycles. The van der Waals surface area contributed by atoms with Gasteiger partial charge >= 0.3 is 12.2 Å². The summed E-state index contributed by atoms with van der Waals surface area (Å²) >= 11 is 0. The maximum Gasteiger partial charge on any atom is 0.407 e. The smallest absolute Gasteiger partial charge is 0.407 e. The molecule has 0 saturated carbocycles. The lowest BCUT2D eigenvalue weighted by molar-refractivity contribution is -0.135. The molecule has 7 heterocycles. The van der Waals surface area contributed by atoms with Gasteiger partial charge in [0.2, 0.25) is 5.91 Å². The Morgan fingerprint density at radius 2 is 1.30 bits per heavy atom. The number of rotatable bonds is 10. The van der Waals surface area contributed by atoms with E-state index in [1.807, 2.05) is 26.0 Å². The average molecular weight is 830 g/mol. The van der Waals surface area contributed by atoms with Crippen molar-refractivity contribution in [2.45, 2.75) is 76.9 Å². The molecule has 2 saturated heterocycles. The van der Waals surface area contributed by atoms with Gasteiger partial charge in [-0.25, -0.2) is 19.6 Å². The number of H-pyrrole nitrogens is 2. The molecule has 0 aliphatic carbocycles. The Balaban J connectivity index is 0.941. The summed E-state index contributed by atoms with van der Waals surface area (Å²) in [6, 6.07) is 9.41. The maximum atomic E-state index is 14.0. The minimum Gasteiger partial charge on any atom is -0.488 e. The zero-order valence-corrected chi connectivity index (χ0v) is 34.3. The van der Waals surface area contributed by atoms with Crippen LogP contribution >= 0.6 is 0 Å². The number of pyridine rings is 1. The van der Waals surface area contributed by atoms with Crippen LogP contribution in [-0.4, -0.2) is 92.1 Å². The Kier molecular flexibility index (Phi) is 10.5. The van der Waals surface area contributed by atoms with E-state index in [1.54, 1.807) is 46.7 Å². The number of carbonyl (C=O) groups is 4. The third-order valence-corrected chi connectivity index (χ3v) is 12.0. The van der Waals surface area contributed by atoms with Crippen LogP contribution in [0, 0.1) is 5.92 Å². The zero-order chi connectivity index (χ0) is 42.4. The van der Waals surface area contributed by atoms with E-state index in [0.717, 1.165) is 75.5 Å². The van der Waals surface area contributed by atoms with Crippen LogP contribution < -0.4 is 20.1 Å². The fraction of sp³-hybridized carbons (Fsp3) is 0.386. The van der Waals surface area contributed by atoms with Crippen LogP contribution in [0.15, 0.2) is 61.2 Å². The van der Waals surface area contributed by atoms with Gasteiger partial charge in [-0.15, -0.1) is 0 Å². The van der Waals surface area contributed by atoms with Crippen molar-refractivity contribution in [1.29, 1.82) is 0 Å². The summed E-state index contributed by atoms with van der Waals surface area (Å²) in [5.41, 5.74) is 7.84. The Morgan fingerprint density at radius 3 is 1.80 bits per heavy atom. The lowest BCUT2D eigenvalue weighted by atomic mass is 9.87. The van der Waals surface area contributed by atoms with Crippen molar-refractivity contribution in [2.24, 2.45) is 5.92 Å². The summed E-state index contributed by atoms with van der Waals surface area (Å²) in [7, 11) is 2.54. The molecule has 9 rings (SSSR count). The summed E-state index contributed by atoms with van der Waals surface area (Å²) in [6.07, 6.45) is 8.43. The second kappa shape index (κ2) is 16.3. The van der Waals surface area contributed by atoms with E-state index in [0.29, 0.717) is 49.9 Å². The SMILES string of the molecule is COC(=O)NC(C(=O)N1CCC[C@H]1c1ncc(-c2cc3c4c(c2)OCc2cc(-c5cnc([C@@H]6CCCN6C(=O)[C@@H](NC(=O)OC)C(C)C)[nH]5)cc(c2-4)OC3)[nH]1)c1cccnc1. The number of aromatic nitrogens is 5. The fourth-order valence-corrected chi connectivity index (χ4v) is 8.98. The van der Waals surface area contributed by atoms with Gasteiger partial charge in [-0.2, -0.15) is 0 Å². The quantitative estimate of drug-likeness (QED) is 0.126. The maximum absolute atomic E-state index is 14.0. The predicted octanol–water partition coefficient (Wildman–Crippen LogP) is 6.12. The van der Waals surface area contributed by atoms with E-state index < -0.39 is 24.3 Å². The number of amides is 4. The van der Waals surface area contributed by atoms with Gasteiger partial charge < -0.3 is 49.3 Å². The van der Waals surface area contributed by atoms with Crippen LogP contribution in [0.5, 0.6) is 11.5 Å². The van der Waals surface area contributed by atoms with Gasteiger partial charge in [0, 0.05) is 64.4 Å². The highest BCUT2D eigenvalue weighted by Gasteiger charge is 2.39. The van der Waals surface area contributed by atoms with Crippen LogP contribution in [0.1, 0.15) is 86.0 Å². The number of imidazole rings is 2. The second-order valence-electron chi connectivity index (χ2n) is 16.1. The molecule has 4 atom stereocenters. The Labute approximate surface area is 351 Å². The number of benzene rings is 2. The first-order valence-electron chi connectivity index (χ1n) is 20.5. The standard InChI is InChI=1S/C44H47N9O8/c1-23(2)37(50-43(56)58-3)41(54)52-12-6-9-31(52)39-46-19-29(48-39)25-14-27-21-61-34-17-26(15-28-22-60-33(16-25)35(27)36(28)34)30-20-47-40(49-30)32-10-7-13-53(32)42(55)38(51-44(57)59-4)24-8-5-11-45-18-24/h5,8,11,14-20,23,31-32,37-38H,6-7,9-10,12-13,21-22H2,1-4H3,(H,46,48)(H,47,49)(H,50,56)(H,51,57)/t31-,32-,37-,38?/m0/s1. The van der Waals surface area contributed by atoms with Crippen LogP contribution in [0.2, 0.25) is 0 Å².